The van der Waals surface area contributed by atoms with Crippen molar-refractivity contribution in [1.29, 1.82) is 0 Å². The van der Waals surface area contributed by atoms with Crippen LogP contribution in [-0.2, 0) is 0 Å². The highest BCUT2D eigenvalue weighted by Gasteiger charge is 1.97. The molecule has 0 fully saturated rings. The van der Waals surface area contributed by atoms with Gasteiger partial charge in [0.25, 0.3) is 0 Å². The number of ether oxygens (including phenoxy) is 1. The van der Waals surface area contributed by atoms with Crippen LogP contribution in [0.4, 0.5) is 0 Å². The largest absolute Gasteiger partial charge is 0.508 e. The molecule has 0 saturated heterocycles. The number of phenols is 1. The Morgan fingerprint density at radius 3 is 1.24 bits per heavy atom. The maximum Gasteiger partial charge on any atom is 0.122 e. The summed E-state index contributed by atoms with van der Waals surface area (Å²) < 4.78 is 5.67. The summed E-state index contributed by atoms with van der Waals surface area (Å²) in [6.45, 7) is 3.05. The molecule has 0 saturated carbocycles. The van der Waals surface area contributed by atoms with Gasteiger partial charge in [0.15, 0.2) is 0 Å². The summed E-state index contributed by atoms with van der Waals surface area (Å²) >= 11 is 0. The third-order valence-corrected chi connectivity index (χ3v) is 6.83. The molecule has 1 rings (SSSR count). The number of rotatable bonds is 25. The van der Waals surface area contributed by atoms with Crippen molar-refractivity contribution in [3.05, 3.63) is 24.3 Å². The average Bonchev–Trinajstić information content (AvgIpc) is 2.82. The second-order valence-corrected chi connectivity index (χ2v) is 10.1. The van der Waals surface area contributed by atoms with Gasteiger partial charge in [0.05, 0.1) is 6.61 Å². The number of hydrogen-bond donors (Lipinski definition) is 1. The van der Waals surface area contributed by atoms with E-state index in [1.165, 1.54) is 141 Å². The molecule has 0 aromatic heterocycles. The van der Waals surface area contributed by atoms with Gasteiger partial charge < -0.3 is 9.84 Å². The van der Waals surface area contributed by atoms with E-state index in [4.69, 9.17) is 4.74 Å². The van der Waals surface area contributed by atoms with Crippen molar-refractivity contribution in [3.63, 3.8) is 0 Å². The first kappa shape index (κ1) is 29.9. The van der Waals surface area contributed by atoms with E-state index in [2.05, 4.69) is 6.92 Å². The molecule has 0 radical (unpaired) electrons. The lowest BCUT2D eigenvalue weighted by atomic mass is 10.0. The molecule has 1 N–H and O–H groups in total. The quantitative estimate of drug-likeness (QED) is 0.147. The van der Waals surface area contributed by atoms with Crippen LogP contribution in [0.1, 0.15) is 155 Å². The van der Waals surface area contributed by atoms with Crippen LogP contribution >= 0.6 is 0 Å². The summed E-state index contributed by atoms with van der Waals surface area (Å²) in [6.07, 6.45) is 32.6. The van der Waals surface area contributed by atoms with E-state index in [9.17, 15) is 5.11 Å². The highest BCUT2D eigenvalue weighted by molar-refractivity contribution is 5.31. The SMILES string of the molecule is CCCCCCCCCCCCCCCCCCCCCCCCCOc1cccc(O)c1. The third kappa shape index (κ3) is 21.1. The van der Waals surface area contributed by atoms with E-state index in [1.807, 2.05) is 12.1 Å². The molecule has 0 aliphatic carbocycles. The summed E-state index contributed by atoms with van der Waals surface area (Å²) in [5.74, 6) is 1.05. The van der Waals surface area contributed by atoms with Crippen molar-refractivity contribution in [2.45, 2.75) is 155 Å². The maximum absolute atomic E-state index is 9.42. The van der Waals surface area contributed by atoms with Crippen molar-refractivity contribution >= 4 is 0 Å². The Hall–Kier alpha value is -1.18. The van der Waals surface area contributed by atoms with Crippen molar-refractivity contribution in [3.8, 4) is 11.5 Å². The predicted octanol–water partition coefficient (Wildman–Crippen LogP) is 10.8. The van der Waals surface area contributed by atoms with Crippen LogP contribution in [-0.4, -0.2) is 11.7 Å². The fourth-order valence-electron chi connectivity index (χ4n) is 4.65. The second kappa shape index (κ2) is 24.0. The molecule has 1 aromatic rings. The van der Waals surface area contributed by atoms with Crippen LogP contribution in [0, 0.1) is 0 Å². The summed E-state index contributed by atoms with van der Waals surface area (Å²) in [5.41, 5.74) is 0. The standard InChI is InChI=1S/C31H56O2/c1-2-3-4-5-6-7-8-9-10-11-12-13-14-15-16-17-18-19-20-21-22-23-24-28-33-31-27-25-26-30(32)29-31/h25-27,29,32H,2-24,28H2,1H3. The first-order valence-electron chi connectivity index (χ1n) is 14.7. The minimum Gasteiger partial charge on any atom is -0.508 e. The Balaban J connectivity index is 1.67. The molecule has 0 heterocycles. The lowest BCUT2D eigenvalue weighted by molar-refractivity contribution is 0.302. The Bertz CT molecular complexity index is 513. The number of benzene rings is 1. The molecule has 2 heteroatoms. The molecule has 0 aliphatic heterocycles. The monoisotopic (exact) mass is 460 g/mol. The van der Waals surface area contributed by atoms with E-state index >= 15 is 0 Å². The Morgan fingerprint density at radius 2 is 0.879 bits per heavy atom. The van der Waals surface area contributed by atoms with Gasteiger partial charge in [-0.15, -0.1) is 0 Å². The molecule has 33 heavy (non-hydrogen) atoms. The van der Waals surface area contributed by atoms with Gasteiger partial charge in [0.2, 0.25) is 0 Å². The smallest absolute Gasteiger partial charge is 0.122 e. The molecular formula is C31H56O2. The van der Waals surface area contributed by atoms with E-state index in [-0.39, 0.29) is 5.75 Å². The zero-order chi connectivity index (χ0) is 23.7. The van der Waals surface area contributed by atoms with Gasteiger partial charge in [-0.1, -0.05) is 154 Å². The van der Waals surface area contributed by atoms with Crippen molar-refractivity contribution in [2.24, 2.45) is 0 Å². The third-order valence-electron chi connectivity index (χ3n) is 6.83. The summed E-state index contributed by atoms with van der Waals surface area (Å²) in [4.78, 5) is 0. The highest BCUT2D eigenvalue weighted by Crippen LogP contribution is 2.18. The first-order valence-corrected chi connectivity index (χ1v) is 14.7. The Morgan fingerprint density at radius 1 is 0.515 bits per heavy atom. The van der Waals surface area contributed by atoms with Crippen LogP contribution in [0.5, 0.6) is 11.5 Å². The average molecular weight is 461 g/mol. The molecule has 0 atom stereocenters. The lowest BCUT2D eigenvalue weighted by Crippen LogP contribution is -1.97. The van der Waals surface area contributed by atoms with Gasteiger partial charge in [-0.05, 0) is 18.6 Å². The van der Waals surface area contributed by atoms with Gasteiger partial charge in [-0.3, -0.25) is 0 Å². The summed E-state index contributed by atoms with van der Waals surface area (Å²) in [7, 11) is 0. The van der Waals surface area contributed by atoms with Crippen molar-refractivity contribution in [1.82, 2.24) is 0 Å². The van der Waals surface area contributed by atoms with Crippen LogP contribution in [0.15, 0.2) is 24.3 Å². The van der Waals surface area contributed by atoms with Gasteiger partial charge in [0, 0.05) is 6.07 Å². The minimum absolute atomic E-state index is 0.275. The van der Waals surface area contributed by atoms with Gasteiger partial charge in [-0.25, -0.2) is 0 Å². The van der Waals surface area contributed by atoms with Gasteiger partial charge in [-0.2, -0.15) is 0 Å². The zero-order valence-electron chi connectivity index (χ0n) is 22.1. The molecule has 0 aliphatic rings. The number of hydrogen-bond acceptors (Lipinski definition) is 2. The van der Waals surface area contributed by atoms with Crippen LogP contribution in [0.2, 0.25) is 0 Å². The van der Waals surface area contributed by atoms with Crippen molar-refractivity contribution < 1.29 is 9.84 Å². The van der Waals surface area contributed by atoms with Crippen LogP contribution in [0.3, 0.4) is 0 Å². The highest BCUT2D eigenvalue weighted by atomic mass is 16.5. The summed E-state index contributed by atoms with van der Waals surface area (Å²) in [6, 6.07) is 7.08. The van der Waals surface area contributed by atoms with Crippen LogP contribution < -0.4 is 4.74 Å². The molecule has 2 nitrogen and oxygen atoms in total. The number of unbranched alkanes of at least 4 members (excludes halogenated alkanes) is 22. The Kier molecular flexibility index (Phi) is 21.7. The molecule has 0 bridgehead atoms. The van der Waals surface area contributed by atoms with Gasteiger partial charge in [0.1, 0.15) is 11.5 Å². The number of phenolic OH excluding ortho intramolecular Hbond substituents is 1. The molecule has 192 valence electrons. The molecular weight excluding hydrogens is 404 g/mol. The minimum atomic E-state index is 0.275. The van der Waals surface area contributed by atoms with Crippen molar-refractivity contribution in [2.75, 3.05) is 6.61 Å². The molecule has 1 aromatic carbocycles. The zero-order valence-corrected chi connectivity index (χ0v) is 22.1. The fourth-order valence-corrected chi connectivity index (χ4v) is 4.65. The molecule has 0 unspecified atom stereocenters. The topological polar surface area (TPSA) is 29.5 Å². The normalized spacial score (nSPS) is 11.2. The van der Waals surface area contributed by atoms with Crippen LogP contribution in [0.25, 0.3) is 0 Å². The predicted molar refractivity (Wildman–Crippen MR) is 145 cm³/mol. The molecule has 0 spiro atoms. The summed E-state index contributed by atoms with van der Waals surface area (Å²) in [5, 5.41) is 9.42. The molecule has 0 amide bonds. The second-order valence-electron chi connectivity index (χ2n) is 10.1. The van der Waals surface area contributed by atoms with E-state index in [1.54, 1.807) is 12.1 Å². The van der Waals surface area contributed by atoms with E-state index < -0.39 is 0 Å². The van der Waals surface area contributed by atoms with E-state index in [0.717, 1.165) is 18.8 Å². The number of aromatic hydroxyl groups is 1. The first-order chi connectivity index (χ1) is 16.3. The van der Waals surface area contributed by atoms with Gasteiger partial charge >= 0.3 is 0 Å². The maximum atomic E-state index is 9.42. The lowest BCUT2D eigenvalue weighted by Gasteiger charge is -2.06. The Labute approximate surface area is 206 Å². The fraction of sp³-hybridized carbons (Fsp3) is 0.806. The van der Waals surface area contributed by atoms with E-state index in [0.29, 0.717) is 0 Å².